The Labute approximate surface area is 163 Å². The second-order valence-corrected chi connectivity index (χ2v) is 8.16. The lowest BCUT2D eigenvalue weighted by atomic mass is 9.83. The van der Waals surface area contributed by atoms with E-state index in [1.165, 1.54) is 32.3 Å². The summed E-state index contributed by atoms with van der Waals surface area (Å²) in [7, 11) is 0. The van der Waals surface area contributed by atoms with E-state index in [0.29, 0.717) is 42.0 Å². The van der Waals surface area contributed by atoms with Gasteiger partial charge in [-0.1, -0.05) is 0 Å². The number of carbonyl (C=O) groups is 1. The van der Waals surface area contributed by atoms with Crippen LogP contribution in [0.15, 0.2) is 12.5 Å². The zero-order valence-electron chi connectivity index (χ0n) is 16.4. The first-order valence-electron chi connectivity index (χ1n) is 10.0. The summed E-state index contributed by atoms with van der Waals surface area (Å²) in [6.45, 7) is 5.21. The fourth-order valence-electron chi connectivity index (χ4n) is 3.69. The fourth-order valence-corrected chi connectivity index (χ4v) is 3.69. The molecular formula is C20H27FN4O3. The van der Waals surface area contributed by atoms with E-state index in [1.54, 1.807) is 0 Å². The topological polar surface area (TPSA) is 78.3 Å². The highest BCUT2D eigenvalue weighted by molar-refractivity contribution is 5.82. The van der Waals surface area contributed by atoms with E-state index < -0.39 is 0 Å². The van der Waals surface area contributed by atoms with Crippen LogP contribution < -0.4 is 10.1 Å². The van der Waals surface area contributed by atoms with Crippen LogP contribution in [0.1, 0.15) is 39.5 Å². The lowest BCUT2D eigenvalue weighted by Crippen LogP contribution is -2.40. The van der Waals surface area contributed by atoms with Gasteiger partial charge < -0.3 is 19.4 Å². The van der Waals surface area contributed by atoms with Crippen molar-refractivity contribution >= 4 is 16.9 Å². The lowest BCUT2D eigenvalue weighted by molar-refractivity contribution is -0.120. The minimum atomic E-state index is -0.326. The van der Waals surface area contributed by atoms with E-state index in [0.717, 1.165) is 19.4 Å². The number of hydrogen-bond donors (Lipinski definition) is 1. The Hall–Kier alpha value is -2.22. The first-order chi connectivity index (χ1) is 13.5. The first-order valence-corrected chi connectivity index (χ1v) is 10.0. The van der Waals surface area contributed by atoms with Crippen molar-refractivity contribution in [1.82, 2.24) is 19.9 Å². The Kier molecular flexibility index (Phi) is 5.48. The molecule has 2 aromatic rings. The van der Waals surface area contributed by atoms with Gasteiger partial charge in [0.2, 0.25) is 11.8 Å². The minimum absolute atomic E-state index is 0.00440. The molecule has 2 aromatic heterocycles. The lowest BCUT2D eigenvalue weighted by Gasteiger charge is -2.35. The van der Waals surface area contributed by atoms with Crippen molar-refractivity contribution in [3.05, 3.63) is 18.3 Å². The second-order valence-electron chi connectivity index (χ2n) is 8.16. The molecule has 28 heavy (non-hydrogen) atoms. The highest BCUT2D eigenvalue weighted by Gasteiger charge is 2.31. The maximum Gasteiger partial charge on any atom is 0.229 e. The number of amides is 1. The summed E-state index contributed by atoms with van der Waals surface area (Å²) in [5.41, 5.74) is 0.608. The van der Waals surface area contributed by atoms with Crippen LogP contribution in [0, 0.1) is 17.7 Å². The molecule has 0 aromatic carbocycles. The number of halogens is 1. The number of nitrogens with zero attached hydrogens (tertiary/aromatic N) is 3. The van der Waals surface area contributed by atoms with E-state index in [4.69, 9.17) is 9.47 Å². The summed E-state index contributed by atoms with van der Waals surface area (Å²) in [4.78, 5) is 19.4. The predicted octanol–water partition coefficient (Wildman–Crippen LogP) is 2.68. The number of hydrogen-bond acceptors (Lipinski definition) is 5. The number of fused-ring (bicyclic) bond motifs is 1. The van der Waals surface area contributed by atoms with Gasteiger partial charge in [-0.2, -0.15) is 0 Å². The first kappa shape index (κ1) is 19.1. The van der Waals surface area contributed by atoms with Crippen LogP contribution in [0.4, 0.5) is 4.39 Å². The number of carbonyl (C=O) groups excluding carboxylic acids is 1. The molecule has 2 aliphatic carbocycles. The molecule has 1 N–H and O–H groups in total. The molecule has 1 amide bonds. The van der Waals surface area contributed by atoms with Crippen LogP contribution in [0.5, 0.6) is 5.88 Å². The Morgan fingerprint density at radius 2 is 2.14 bits per heavy atom. The zero-order chi connectivity index (χ0) is 19.7. The van der Waals surface area contributed by atoms with Crippen molar-refractivity contribution in [3.8, 4) is 5.88 Å². The Balaban J connectivity index is 1.27. The van der Waals surface area contributed by atoms with Crippen LogP contribution in [0.25, 0.3) is 11.0 Å². The zero-order valence-corrected chi connectivity index (χ0v) is 16.4. The van der Waals surface area contributed by atoms with Crippen molar-refractivity contribution in [1.29, 1.82) is 0 Å². The van der Waals surface area contributed by atoms with E-state index >= 15 is 0 Å². The summed E-state index contributed by atoms with van der Waals surface area (Å²) in [5, 5.41) is 3.18. The van der Waals surface area contributed by atoms with Gasteiger partial charge in [0.25, 0.3) is 0 Å². The highest BCUT2D eigenvalue weighted by Crippen LogP contribution is 2.35. The maximum atomic E-state index is 14.5. The van der Waals surface area contributed by atoms with Gasteiger partial charge in [-0.3, -0.25) is 4.79 Å². The molecule has 4 rings (SSSR count). The molecule has 7 nitrogen and oxygen atoms in total. The van der Waals surface area contributed by atoms with Gasteiger partial charge >= 0.3 is 0 Å². The van der Waals surface area contributed by atoms with Crippen LogP contribution in [0.2, 0.25) is 0 Å². The molecule has 2 fully saturated rings. The van der Waals surface area contributed by atoms with Crippen LogP contribution >= 0.6 is 0 Å². The molecule has 152 valence electrons. The summed E-state index contributed by atoms with van der Waals surface area (Å²) in [6, 6.07) is 0.00440. The molecular weight excluding hydrogens is 363 g/mol. The van der Waals surface area contributed by atoms with E-state index in [2.05, 4.69) is 15.3 Å². The SMILES string of the molecule is CC(=O)N[C@@H](C)COC1CC(COc2ncnc3c2c(F)cn3CC2CC2)C1. The molecule has 0 aliphatic heterocycles. The van der Waals surface area contributed by atoms with Gasteiger partial charge in [-0.05, 0) is 44.4 Å². The summed E-state index contributed by atoms with van der Waals surface area (Å²) >= 11 is 0. The molecule has 8 heteroatoms. The third-order valence-electron chi connectivity index (χ3n) is 5.40. The van der Waals surface area contributed by atoms with E-state index in [-0.39, 0.29) is 23.9 Å². The molecule has 0 radical (unpaired) electrons. The van der Waals surface area contributed by atoms with E-state index in [1.807, 2.05) is 11.5 Å². The molecule has 0 bridgehead atoms. The van der Waals surface area contributed by atoms with Crippen molar-refractivity contribution in [2.45, 2.75) is 58.2 Å². The average Bonchev–Trinajstić information content (AvgIpc) is 3.36. The van der Waals surface area contributed by atoms with Gasteiger partial charge in [0.15, 0.2) is 5.82 Å². The van der Waals surface area contributed by atoms with Gasteiger partial charge in [-0.15, -0.1) is 0 Å². The molecule has 1 atom stereocenters. The predicted molar refractivity (Wildman–Crippen MR) is 101 cm³/mol. The molecule has 0 spiro atoms. The van der Waals surface area contributed by atoms with Crippen molar-refractivity contribution < 1.29 is 18.7 Å². The number of ether oxygens (including phenoxy) is 2. The Morgan fingerprint density at radius 1 is 1.36 bits per heavy atom. The fraction of sp³-hybridized carbons (Fsp3) is 0.650. The van der Waals surface area contributed by atoms with Crippen molar-refractivity contribution in [2.24, 2.45) is 11.8 Å². The van der Waals surface area contributed by atoms with Gasteiger partial charge in [-0.25, -0.2) is 14.4 Å². The molecule has 2 heterocycles. The molecule has 0 unspecified atom stereocenters. The van der Waals surface area contributed by atoms with Crippen LogP contribution in [0.3, 0.4) is 0 Å². The standard InChI is InChI=1S/C20H27FN4O3/c1-12(24-13(2)26)9-27-16-5-15(6-16)10-28-20-18-17(21)8-25(7-14-3-4-14)19(18)22-11-23-20/h8,11-12,14-16H,3-7,9-10H2,1-2H3,(H,24,26)/t12-,15?,16?/m0/s1. The average molecular weight is 390 g/mol. The summed E-state index contributed by atoms with van der Waals surface area (Å²) in [6.07, 6.45) is 7.32. The largest absolute Gasteiger partial charge is 0.477 e. The molecule has 2 aliphatic rings. The summed E-state index contributed by atoms with van der Waals surface area (Å²) in [5.74, 6) is 0.941. The highest BCUT2D eigenvalue weighted by atomic mass is 19.1. The smallest absolute Gasteiger partial charge is 0.229 e. The van der Waals surface area contributed by atoms with Crippen LogP contribution in [-0.4, -0.2) is 45.8 Å². The monoisotopic (exact) mass is 390 g/mol. The minimum Gasteiger partial charge on any atom is -0.477 e. The number of nitrogens with one attached hydrogen (secondary N) is 1. The van der Waals surface area contributed by atoms with Gasteiger partial charge in [0.1, 0.15) is 17.4 Å². The quantitative estimate of drug-likeness (QED) is 0.712. The molecule has 0 saturated heterocycles. The summed E-state index contributed by atoms with van der Waals surface area (Å²) < 4.78 is 28.0. The molecule has 2 saturated carbocycles. The van der Waals surface area contributed by atoms with Crippen LogP contribution in [-0.2, 0) is 16.1 Å². The number of rotatable bonds is 9. The normalized spacial score (nSPS) is 22.7. The van der Waals surface area contributed by atoms with Crippen molar-refractivity contribution in [2.75, 3.05) is 13.2 Å². The van der Waals surface area contributed by atoms with E-state index in [9.17, 15) is 9.18 Å². The third kappa shape index (κ3) is 4.43. The Morgan fingerprint density at radius 3 is 2.86 bits per heavy atom. The second kappa shape index (κ2) is 8.03. The maximum absolute atomic E-state index is 14.5. The Bertz CT molecular complexity index is 845. The van der Waals surface area contributed by atoms with Crippen molar-refractivity contribution in [3.63, 3.8) is 0 Å². The van der Waals surface area contributed by atoms with Gasteiger partial charge in [0, 0.05) is 25.7 Å². The number of aromatic nitrogens is 3. The van der Waals surface area contributed by atoms with Gasteiger partial charge in [0.05, 0.1) is 19.3 Å². The third-order valence-corrected chi connectivity index (χ3v) is 5.40.